The number of nitrogens with one attached hydrogen (secondary N) is 1. The van der Waals surface area contributed by atoms with E-state index in [0.717, 1.165) is 6.54 Å². The van der Waals surface area contributed by atoms with Gasteiger partial charge in [-0.1, -0.05) is 6.42 Å². The van der Waals surface area contributed by atoms with Crippen LogP contribution < -0.4 is 5.32 Å². The molecule has 0 amide bonds. The van der Waals surface area contributed by atoms with Gasteiger partial charge < -0.3 is 5.32 Å². The third kappa shape index (κ3) is 3.15. The van der Waals surface area contributed by atoms with Crippen molar-refractivity contribution in [3.63, 3.8) is 0 Å². The van der Waals surface area contributed by atoms with Crippen LogP contribution in [-0.4, -0.2) is 16.3 Å². The Morgan fingerprint density at radius 3 is 2.71 bits per heavy atom. The molecule has 0 aliphatic carbocycles. The molecule has 2 rings (SSSR count). The molecular formula is C9H17Cl2N3. The summed E-state index contributed by atoms with van der Waals surface area (Å²) >= 11 is 0. The Morgan fingerprint density at radius 2 is 2.21 bits per heavy atom. The number of hydrogen-bond acceptors (Lipinski definition) is 2. The van der Waals surface area contributed by atoms with Crippen molar-refractivity contribution < 1.29 is 0 Å². The Bertz CT molecular complexity index is 256. The van der Waals surface area contributed by atoms with E-state index in [2.05, 4.69) is 16.5 Å². The maximum absolute atomic E-state index is 4.39. The van der Waals surface area contributed by atoms with Crippen LogP contribution >= 0.6 is 24.8 Å². The van der Waals surface area contributed by atoms with Gasteiger partial charge in [0.05, 0.1) is 11.7 Å². The molecular weight excluding hydrogens is 221 g/mol. The van der Waals surface area contributed by atoms with E-state index in [9.17, 15) is 0 Å². The Hall–Kier alpha value is -0.250. The molecule has 1 aromatic heterocycles. The highest BCUT2D eigenvalue weighted by Crippen LogP contribution is 2.20. The molecule has 1 aliphatic heterocycles. The van der Waals surface area contributed by atoms with Gasteiger partial charge in [0.2, 0.25) is 0 Å². The lowest BCUT2D eigenvalue weighted by atomic mass is 10.0. The van der Waals surface area contributed by atoms with Crippen LogP contribution in [0.2, 0.25) is 0 Å². The number of hydrogen-bond donors (Lipinski definition) is 1. The fraction of sp³-hybridized carbons (Fsp3) is 0.667. The Morgan fingerprint density at radius 1 is 1.43 bits per heavy atom. The van der Waals surface area contributed by atoms with Crippen LogP contribution in [0, 0.1) is 0 Å². The van der Waals surface area contributed by atoms with E-state index in [-0.39, 0.29) is 24.8 Å². The molecule has 1 atom stereocenters. The average molecular weight is 238 g/mol. The van der Waals surface area contributed by atoms with Gasteiger partial charge in [0, 0.05) is 13.2 Å². The number of aryl methyl sites for hydroxylation is 1. The van der Waals surface area contributed by atoms with Gasteiger partial charge in [0.1, 0.15) is 0 Å². The lowest BCUT2D eigenvalue weighted by molar-refractivity contribution is 0.402. The smallest absolute Gasteiger partial charge is 0.0793 e. The first kappa shape index (κ1) is 13.8. The van der Waals surface area contributed by atoms with Gasteiger partial charge in [0.25, 0.3) is 0 Å². The summed E-state index contributed by atoms with van der Waals surface area (Å²) in [6.45, 7) is 1.14. The molecule has 1 aromatic rings. The summed E-state index contributed by atoms with van der Waals surface area (Å²) in [6, 6.07) is 2.60. The molecule has 3 nitrogen and oxygen atoms in total. The largest absolute Gasteiger partial charge is 0.309 e. The zero-order valence-corrected chi connectivity index (χ0v) is 9.90. The van der Waals surface area contributed by atoms with Crippen molar-refractivity contribution in [1.29, 1.82) is 0 Å². The summed E-state index contributed by atoms with van der Waals surface area (Å²) in [5.41, 5.74) is 1.19. The molecule has 1 saturated heterocycles. The molecule has 1 aliphatic rings. The van der Waals surface area contributed by atoms with Crippen LogP contribution in [0.4, 0.5) is 0 Å². The van der Waals surface area contributed by atoms with E-state index in [1.165, 1.54) is 25.0 Å². The fourth-order valence-corrected chi connectivity index (χ4v) is 1.72. The van der Waals surface area contributed by atoms with E-state index in [1.807, 2.05) is 17.9 Å². The molecule has 2 heterocycles. The third-order valence-corrected chi connectivity index (χ3v) is 2.40. The third-order valence-electron chi connectivity index (χ3n) is 2.40. The van der Waals surface area contributed by atoms with E-state index in [4.69, 9.17) is 0 Å². The number of aromatic nitrogens is 2. The minimum Gasteiger partial charge on any atom is -0.309 e. The minimum atomic E-state index is 0. The summed E-state index contributed by atoms with van der Waals surface area (Å²) in [4.78, 5) is 0. The van der Waals surface area contributed by atoms with Crippen molar-refractivity contribution in [3.8, 4) is 0 Å². The van der Waals surface area contributed by atoms with Gasteiger partial charge in [-0.25, -0.2) is 0 Å². The topological polar surface area (TPSA) is 29.9 Å². The van der Waals surface area contributed by atoms with E-state index >= 15 is 0 Å². The summed E-state index contributed by atoms with van der Waals surface area (Å²) in [6.07, 6.45) is 5.88. The Balaban J connectivity index is 0.000000845. The highest BCUT2D eigenvalue weighted by molar-refractivity contribution is 5.85. The Kier molecular flexibility index (Phi) is 6.16. The van der Waals surface area contributed by atoms with Gasteiger partial charge in [-0.3, -0.25) is 4.68 Å². The second kappa shape index (κ2) is 6.27. The maximum atomic E-state index is 4.39. The number of rotatable bonds is 1. The summed E-state index contributed by atoms with van der Waals surface area (Å²) in [7, 11) is 1.96. The average Bonchev–Trinajstić information content (AvgIpc) is 2.54. The van der Waals surface area contributed by atoms with Crippen LogP contribution in [-0.2, 0) is 7.05 Å². The monoisotopic (exact) mass is 237 g/mol. The maximum Gasteiger partial charge on any atom is 0.0793 e. The summed E-state index contributed by atoms with van der Waals surface area (Å²) in [5.74, 6) is 0. The molecule has 82 valence electrons. The molecule has 0 spiro atoms. The summed E-state index contributed by atoms with van der Waals surface area (Å²) in [5, 5.41) is 7.86. The predicted molar refractivity (Wildman–Crippen MR) is 62.3 cm³/mol. The van der Waals surface area contributed by atoms with Crippen molar-refractivity contribution >= 4 is 24.8 Å². The number of piperidine rings is 1. The second-order valence-electron chi connectivity index (χ2n) is 3.42. The highest BCUT2D eigenvalue weighted by Gasteiger charge is 2.16. The van der Waals surface area contributed by atoms with Crippen molar-refractivity contribution in [2.24, 2.45) is 7.05 Å². The number of halogens is 2. The normalized spacial score (nSPS) is 20.8. The zero-order chi connectivity index (χ0) is 8.39. The van der Waals surface area contributed by atoms with E-state index < -0.39 is 0 Å². The van der Waals surface area contributed by atoms with Crippen LogP contribution in [0.5, 0.6) is 0 Å². The minimum absolute atomic E-state index is 0. The van der Waals surface area contributed by atoms with Crippen molar-refractivity contribution in [2.45, 2.75) is 25.3 Å². The van der Waals surface area contributed by atoms with Gasteiger partial charge in [-0.2, -0.15) is 5.10 Å². The molecule has 0 aromatic carbocycles. The van der Waals surface area contributed by atoms with Gasteiger partial charge in [-0.15, -0.1) is 24.8 Å². The van der Waals surface area contributed by atoms with Crippen LogP contribution in [0.25, 0.3) is 0 Å². The highest BCUT2D eigenvalue weighted by atomic mass is 35.5. The summed E-state index contributed by atoms with van der Waals surface area (Å²) < 4.78 is 1.87. The molecule has 0 bridgehead atoms. The first-order valence-corrected chi connectivity index (χ1v) is 4.59. The first-order chi connectivity index (χ1) is 5.86. The van der Waals surface area contributed by atoms with Gasteiger partial charge in [0.15, 0.2) is 0 Å². The lowest BCUT2D eigenvalue weighted by Gasteiger charge is -2.21. The molecule has 1 fully saturated rings. The first-order valence-electron chi connectivity index (χ1n) is 4.59. The zero-order valence-electron chi connectivity index (χ0n) is 8.27. The second-order valence-corrected chi connectivity index (χ2v) is 3.42. The lowest BCUT2D eigenvalue weighted by Crippen LogP contribution is -2.27. The van der Waals surface area contributed by atoms with Gasteiger partial charge in [-0.05, 0) is 25.5 Å². The molecule has 14 heavy (non-hydrogen) atoms. The standard InChI is InChI=1S/C9H15N3.2ClH/c1-12-7-5-9(11-12)8-4-2-3-6-10-8;;/h5,7-8,10H,2-4,6H2,1H3;2*1H. The van der Waals surface area contributed by atoms with Crippen molar-refractivity contribution in [2.75, 3.05) is 6.54 Å². The van der Waals surface area contributed by atoms with Crippen LogP contribution in [0.1, 0.15) is 31.0 Å². The van der Waals surface area contributed by atoms with Crippen molar-refractivity contribution in [1.82, 2.24) is 15.1 Å². The molecule has 0 saturated carbocycles. The fourth-order valence-electron chi connectivity index (χ4n) is 1.72. The van der Waals surface area contributed by atoms with Crippen LogP contribution in [0.3, 0.4) is 0 Å². The number of nitrogens with zero attached hydrogens (tertiary/aromatic N) is 2. The van der Waals surface area contributed by atoms with Crippen LogP contribution in [0.15, 0.2) is 12.3 Å². The van der Waals surface area contributed by atoms with Gasteiger partial charge >= 0.3 is 0 Å². The van der Waals surface area contributed by atoms with E-state index in [0.29, 0.717) is 6.04 Å². The van der Waals surface area contributed by atoms with Crippen molar-refractivity contribution in [3.05, 3.63) is 18.0 Å². The van der Waals surface area contributed by atoms with E-state index in [1.54, 1.807) is 0 Å². The Labute approximate surface area is 97.1 Å². The molecule has 0 radical (unpaired) electrons. The quantitative estimate of drug-likeness (QED) is 0.811. The molecule has 1 N–H and O–H groups in total. The molecule has 1 unspecified atom stereocenters. The SMILES string of the molecule is Cl.Cl.Cn1ccc(C2CCCCN2)n1. The predicted octanol–water partition coefficient (Wildman–Crippen LogP) is 2.08. The molecule has 5 heteroatoms.